The molecule has 10 nitrogen and oxygen atoms in total. The van der Waals surface area contributed by atoms with Crippen molar-refractivity contribution in [3.63, 3.8) is 0 Å². The molecule has 0 aliphatic carbocycles. The second kappa shape index (κ2) is 7.08. The number of nitrogens with zero attached hydrogens (tertiary/aromatic N) is 3. The minimum atomic E-state index is -1.32. The van der Waals surface area contributed by atoms with Crippen molar-refractivity contribution >= 4 is 17.1 Å². The Morgan fingerprint density at radius 1 is 1.22 bits per heavy atom. The van der Waals surface area contributed by atoms with Crippen LogP contribution in [0.15, 0.2) is 41.5 Å². The van der Waals surface area contributed by atoms with Crippen LogP contribution in [0.4, 0.5) is 5.95 Å². The summed E-state index contributed by atoms with van der Waals surface area (Å²) in [5.41, 5.74) is 0.822. The number of anilines is 1. The zero-order chi connectivity index (χ0) is 19.0. The summed E-state index contributed by atoms with van der Waals surface area (Å²) in [6, 6.07) is 9.56. The first-order chi connectivity index (χ1) is 13.1. The minimum absolute atomic E-state index is 0.0748. The molecule has 0 amide bonds. The van der Waals surface area contributed by atoms with Crippen LogP contribution in [0.1, 0.15) is 11.8 Å². The summed E-state index contributed by atoms with van der Waals surface area (Å²) < 4.78 is 7.03. The van der Waals surface area contributed by atoms with Crippen LogP contribution < -0.4 is 10.9 Å². The predicted molar refractivity (Wildman–Crippen MR) is 94.9 cm³/mol. The van der Waals surface area contributed by atoms with E-state index in [1.807, 2.05) is 30.3 Å². The van der Waals surface area contributed by atoms with Crippen molar-refractivity contribution < 1.29 is 20.1 Å². The Balaban J connectivity index is 1.76. The maximum Gasteiger partial charge on any atom is 0.278 e. The van der Waals surface area contributed by atoms with E-state index >= 15 is 0 Å². The van der Waals surface area contributed by atoms with Gasteiger partial charge in [-0.3, -0.25) is 9.36 Å². The lowest BCUT2D eigenvalue weighted by atomic mass is 10.1. The van der Waals surface area contributed by atoms with Gasteiger partial charge in [0.1, 0.15) is 18.3 Å². The van der Waals surface area contributed by atoms with E-state index in [1.54, 1.807) is 0 Å². The van der Waals surface area contributed by atoms with Crippen LogP contribution in [-0.4, -0.2) is 59.8 Å². The van der Waals surface area contributed by atoms with E-state index in [4.69, 9.17) is 4.74 Å². The molecular formula is C17H19N5O5. The van der Waals surface area contributed by atoms with E-state index in [0.29, 0.717) is 6.54 Å². The summed E-state index contributed by atoms with van der Waals surface area (Å²) in [5.74, 6) is 0.257. The summed E-state index contributed by atoms with van der Waals surface area (Å²) in [5, 5.41) is 32.9. The maximum atomic E-state index is 12.1. The Bertz CT molecular complexity index is 988. The molecule has 0 radical (unpaired) electrons. The van der Waals surface area contributed by atoms with E-state index in [9.17, 15) is 20.1 Å². The van der Waals surface area contributed by atoms with Crippen molar-refractivity contribution in [3.05, 3.63) is 52.6 Å². The highest BCUT2D eigenvalue weighted by Gasteiger charge is 2.45. The van der Waals surface area contributed by atoms with Gasteiger partial charge in [-0.25, -0.2) is 9.97 Å². The molecule has 27 heavy (non-hydrogen) atoms. The van der Waals surface area contributed by atoms with Gasteiger partial charge >= 0.3 is 0 Å². The topological polar surface area (TPSA) is 146 Å². The number of aliphatic hydroxyl groups excluding tert-OH is 3. The normalized spacial score (nSPS) is 25.1. The van der Waals surface area contributed by atoms with Gasteiger partial charge in [0.15, 0.2) is 17.4 Å². The fraction of sp³-hybridized carbons (Fsp3) is 0.353. The second-order valence-electron chi connectivity index (χ2n) is 6.28. The molecule has 3 heterocycles. The predicted octanol–water partition coefficient (Wildman–Crippen LogP) is -0.657. The zero-order valence-electron chi connectivity index (χ0n) is 14.2. The Kier molecular flexibility index (Phi) is 4.62. The van der Waals surface area contributed by atoms with Crippen molar-refractivity contribution in [2.75, 3.05) is 11.9 Å². The standard InChI is InChI=1S/C17H19N5O5/c23-7-10-12(24)13(25)16(27-10)22-14-11(15(26)20-8-19-14)21-17(22)18-6-9-4-2-1-3-5-9/h1-5,8,10,12-13,16,23-25H,6-7H2,(H,18,21)(H,19,20,26)/t10-,12-,13-,16-/m0/s1. The van der Waals surface area contributed by atoms with Crippen LogP contribution in [0.25, 0.3) is 11.2 Å². The molecule has 0 bridgehead atoms. The Morgan fingerprint density at radius 3 is 2.70 bits per heavy atom. The van der Waals surface area contributed by atoms with E-state index in [1.165, 1.54) is 10.9 Å². The van der Waals surface area contributed by atoms with Crippen molar-refractivity contribution in [1.82, 2.24) is 19.5 Å². The smallest absolute Gasteiger partial charge is 0.278 e. The third-order valence-corrected chi connectivity index (χ3v) is 4.55. The molecule has 5 N–H and O–H groups in total. The number of fused-ring (bicyclic) bond motifs is 1. The van der Waals surface area contributed by atoms with Crippen LogP contribution in [0.5, 0.6) is 0 Å². The molecule has 1 aliphatic heterocycles. The van der Waals surface area contributed by atoms with E-state index < -0.39 is 36.7 Å². The van der Waals surface area contributed by atoms with Crippen molar-refractivity contribution in [2.24, 2.45) is 0 Å². The molecule has 2 aromatic heterocycles. The van der Waals surface area contributed by atoms with Crippen molar-refractivity contribution in [3.8, 4) is 0 Å². The molecule has 3 aromatic rings. The summed E-state index contributed by atoms with van der Waals surface area (Å²) >= 11 is 0. The number of aliphatic hydroxyl groups is 3. The van der Waals surface area contributed by atoms with E-state index in [-0.39, 0.29) is 17.1 Å². The fourth-order valence-electron chi connectivity index (χ4n) is 3.16. The van der Waals surface area contributed by atoms with Gasteiger partial charge in [0.25, 0.3) is 5.56 Å². The van der Waals surface area contributed by atoms with E-state index in [2.05, 4.69) is 20.3 Å². The monoisotopic (exact) mass is 373 g/mol. The quantitative estimate of drug-likeness (QED) is 0.396. The lowest BCUT2D eigenvalue weighted by Crippen LogP contribution is -2.33. The molecule has 0 unspecified atom stereocenters. The van der Waals surface area contributed by atoms with Gasteiger partial charge in [-0.1, -0.05) is 30.3 Å². The van der Waals surface area contributed by atoms with Gasteiger partial charge in [0.2, 0.25) is 5.95 Å². The molecule has 1 aromatic carbocycles. The number of H-pyrrole nitrogens is 1. The first-order valence-electron chi connectivity index (χ1n) is 8.46. The third kappa shape index (κ3) is 3.08. The highest BCUT2D eigenvalue weighted by Crippen LogP contribution is 2.33. The summed E-state index contributed by atoms with van der Waals surface area (Å²) in [4.78, 5) is 23.0. The Labute approximate surface area is 153 Å². The number of aromatic nitrogens is 4. The van der Waals surface area contributed by atoms with Gasteiger partial charge < -0.3 is 30.4 Å². The first-order valence-corrected chi connectivity index (χ1v) is 8.46. The number of aromatic amines is 1. The van der Waals surface area contributed by atoms with Crippen molar-refractivity contribution in [2.45, 2.75) is 31.1 Å². The number of nitrogens with one attached hydrogen (secondary N) is 2. The molecule has 10 heteroatoms. The summed E-state index contributed by atoms with van der Waals surface area (Å²) in [6.45, 7) is -0.0426. The minimum Gasteiger partial charge on any atom is -0.394 e. The largest absolute Gasteiger partial charge is 0.394 e. The molecule has 4 rings (SSSR count). The van der Waals surface area contributed by atoms with E-state index in [0.717, 1.165) is 5.56 Å². The Morgan fingerprint density at radius 2 is 2.00 bits per heavy atom. The van der Waals surface area contributed by atoms with Gasteiger partial charge in [-0.15, -0.1) is 0 Å². The maximum absolute atomic E-state index is 12.1. The third-order valence-electron chi connectivity index (χ3n) is 4.55. The van der Waals surface area contributed by atoms with Gasteiger partial charge in [-0.2, -0.15) is 0 Å². The van der Waals surface area contributed by atoms with Crippen LogP contribution in [0, 0.1) is 0 Å². The van der Waals surface area contributed by atoms with Crippen LogP contribution in [-0.2, 0) is 11.3 Å². The molecule has 0 spiro atoms. The van der Waals surface area contributed by atoms with Crippen LogP contribution in [0.3, 0.4) is 0 Å². The zero-order valence-corrected chi connectivity index (χ0v) is 14.2. The Hall–Kier alpha value is -2.79. The number of hydrogen-bond donors (Lipinski definition) is 5. The molecule has 142 valence electrons. The second-order valence-corrected chi connectivity index (χ2v) is 6.28. The van der Waals surface area contributed by atoms with Gasteiger partial charge in [-0.05, 0) is 5.56 Å². The number of rotatable bonds is 5. The van der Waals surface area contributed by atoms with Gasteiger partial charge in [0.05, 0.1) is 12.9 Å². The number of imidazole rings is 1. The molecule has 4 atom stereocenters. The molecule has 1 fully saturated rings. The first kappa shape index (κ1) is 17.6. The van der Waals surface area contributed by atoms with Crippen molar-refractivity contribution in [1.29, 1.82) is 0 Å². The number of ether oxygens (including phenoxy) is 1. The summed E-state index contributed by atoms with van der Waals surface area (Å²) in [7, 11) is 0. The van der Waals surface area contributed by atoms with Gasteiger partial charge in [0, 0.05) is 6.54 Å². The lowest BCUT2D eigenvalue weighted by Gasteiger charge is -2.19. The number of hydrogen-bond acceptors (Lipinski definition) is 8. The molecule has 1 saturated heterocycles. The average molecular weight is 373 g/mol. The fourth-order valence-corrected chi connectivity index (χ4v) is 3.16. The lowest BCUT2D eigenvalue weighted by molar-refractivity contribution is -0.0501. The molecule has 1 aliphatic rings. The average Bonchev–Trinajstić information content (AvgIpc) is 3.19. The SMILES string of the molecule is O=c1[nH]cnc2c1nc(NCc1ccccc1)n2[C@H]1O[C@@H](CO)[C@H](O)[C@@H]1O. The molecule has 0 saturated carbocycles. The van der Waals surface area contributed by atoms with Crippen LogP contribution >= 0.6 is 0 Å². The number of benzene rings is 1. The summed E-state index contributed by atoms with van der Waals surface area (Å²) in [6.07, 6.45) is -3.38. The van der Waals surface area contributed by atoms with Crippen LogP contribution in [0.2, 0.25) is 0 Å². The highest BCUT2D eigenvalue weighted by molar-refractivity contribution is 5.73. The highest BCUT2D eigenvalue weighted by atomic mass is 16.6. The molecular weight excluding hydrogens is 354 g/mol.